The van der Waals surface area contributed by atoms with Gasteiger partial charge in [0.15, 0.2) is 6.23 Å². The summed E-state index contributed by atoms with van der Waals surface area (Å²) in [5.74, 6) is 0. The monoisotopic (exact) mass is 394 g/mol. The zero-order valence-electron chi connectivity index (χ0n) is 14.6. The molecule has 1 aliphatic rings. The number of methoxy groups -OCH3 is 1. The Morgan fingerprint density at radius 1 is 1.42 bits per heavy atom. The molecule has 0 aromatic carbocycles. The van der Waals surface area contributed by atoms with Gasteiger partial charge in [0.1, 0.15) is 18.3 Å². The highest BCUT2D eigenvalue weighted by Gasteiger charge is 2.48. The van der Waals surface area contributed by atoms with Crippen LogP contribution in [0.3, 0.4) is 0 Å². The van der Waals surface area contributed by atoms with Gasteiger partial charge in [-0.3, -0.25) is 18.9 Å². The van der Waals surface area contributed by atoms with E-state index in [1.807, 2.05) is 0 Å². The molecule has 0 saturated carbocycles. The van der Waals surface area contributed by atoms with Crippen molar-refractivity contribution in [1.82, 2.24) is 9.55 Å². The Morgan fingerprint density at radius 3 is 2.69 bits per heavy atom. The van der Waals surface area contributed by atoms with Crippen LogP contribution in [0.4, 0.5) is 0 Å². The van der Waals surface area contributed by atoms with Gasteiger partial charge in [0.05, 0.1) is 19.3 Å². The summed E-state index contributed by atoms with van der Waals surface area (Å²) in [6.07, 6.45) is -3.17. The SMILES string of the molecule is CO[C@H](C)CO[C@H]1C(O[PH](=O)O)[C@@H](CO)O[C@H]1n1cc(C)c(=O)[nH]c1=O. The fourth-order valence-corrected chi connectivity index (χ4v) is 3.12. The smallest absolute Gasteiger partial charge is 0.330 e. The van der Waals surface area contributed by atoms with Crippen LogP contribution in [0.15, 0.2) is 15.8 Å². The van der Waals surface area contributed by atoms with Gasteiger partial charge in [-0.1, -0.05) is 0 Å². The van der Waals surface area contributed by atoms with Crippen LogP contribution in [-0.4, -0.2) is 64.3 Å². The van der Waals surface area contributed by atoms with Crippen molar-refractivity contribution in [2.45, 2.75) is 44.5 Å². The van der Waals surface area contributed by atoms with Crippen LogP contribution < -0.4 is 11.2 Å². The molecule has 1 fully saturated rings. The quantitative estimate of drug-likeness (QED) is 0.468. The van der Waals surface area contributed by atoms with Crippen molar-refractivity contribution in [2.24, 2.45) is 0 Å². The number of aromatic nitrogens is 2. The second kappa shape index (κ2) is 9.05. The van der Waals surface area contributed by atoms with Crippen LogP contribution in [0.25, 0.3) is 0 Å². The molecule has 2 heterocycles. The van der Waals surface area contributed by atoms with Gasteiger partial charge in [0.2, 0.25) is 0 Å². The molecule has 11 nitrogen and oxygen atoms in total. The molecule has 26 heavy (non-hydrogen) atoms. The number of aryl methyl sites for hydroxylation is 1. The molecule has 1 aromatic heterocycles. The van der Waals surface area contributed by atoms with Gasteiger partial charge >= 0.3 is 13.9 Å². The van der Waals surface area contributed by atoms with Crippen LogP contribution >= 0.6 is 8.25 Å². The van der Waals surface area contributed by atoms with E-state index in [4.69, 9.17) is 23.6 Å². The molecule has 1 saturated heterocycles. The summed E-state index contributed by atoms with van der Waals surface area (Å²) in [5.41, 5.74) is -1.02. The number of nitrogens with one attached hydrogen (secondary N) is 1. The molecule has 3 N–H and O–H groups in total. The molecule has 12 heteroatoms. The third-order valence-electron chi connectivity index (χ3n) is 4.05. The summed E-state index contributed by atoms with van der Waals surface area (Å²) in [6, 6.07) is 0. The fourth-order valence-electron chi connectivity index (χ4n) is 2.60. The Labute approximate surface area is 149 Å². The van der Waals surface area contributed by atoms with Crippen molar-refractivity contribution in [1.29, 1.82) is 0 Å². The first-order valence-corrected chi connectivity index (χ1v) is 9.17. The van der Waals surface area contributed by atoms with E-state index in [0.717, 1.165) is 4.57 Å². The van der Waals surface area contributed by atoms with E-state index in [0.29, 0.717) is 0 Å². The van der Waals surface area contributed by atoms with Gasteiger partial charge in [-0.2, -0.15) is 0 Å². The van der Waals surface area contributed by atoms with Crippen LogP contribution in [0.5, 0.6) is 0 Å². The highest BCUT2D eigenvalue weighted by Crippen LogP contribution is 2.37. The summed E-state index contributed by atoms with van der Waals surface area (Å²) in [4.78, 5) is 35.1. The minimum absolute atomic E-state index is 0.0858. The van der Waals surface area contributed by atoms with E-state index in [9.17, 15) is 19.3 Å². The molecule has 0 bridgehead atoms. The van der Waals surface area contributed by atoms with E-state index in [1.54, 1.807) is 6.92 Å². The van der Waals surface area contributed by atoms with E-state index in [-0.39, 0.29) is 18.3 Å². The lowest BCUT2D eigenvalue weighted by atomic mass is 10.1. The summed E-state index contributed by atoms with van der Waals surface area (Å²) in [6.45, 7) is 2.82. The lowest BCUT2D eigenvalue weighted by Gasteiger charge is -2.25. The fraction of sp³-hybridized carbons (Fsp3) is 0.714. The molecule has 0 radical (unpaired) electrons. The molecule has 6 atom stereocenters. The largest absolute Gasteiger partial charge is 0.394 e. The maximum atomic E-state index is 12.2. The molecule has 0 spiro atoms. The number of H-pyrrole nitrogens is 1. The predicted molar refractivity (Wildman–Crippen MR) is 89.4 cm³/mol. The van der Waals surface area contributed by atoms with Gasteiger partial charge in [0.25, 0.3) is 5.56 Å². The van der Waals surface area contributed by atoms with Crippen molar-refractivity contribution < 1.29 is 33.3 Å². The molecule has 0 aliphatic carbocycles. The molecule has 2 rings (SSSR count). The number of hydrogen-bond acceptors (Lipinski definition) is 8. The van der Waals surface area contributed by atoms with E-state index >= 15 is 0 Å². The number of aliphatic hydroxyl groups excluding tert-OH is 1. The first kappa shape index (κ1) is 21.0. The van der Waals surface area contributed by atoms with E-state index < -0.39 is 50.7 Å². The predicted octanol–water partition coefficient (Wildman–Crippen LogP) is -1.08. The number of rotatable bonds is 8. The van der Waals surface area contributed by atoms with Crippen LogP contribution in [0.2, 0.25) is 0 Å². The van der Waals surface area contributed by atoms with Crippen molar-refractivity contribution >= 4 is 8.25 Å². The zero-order valence-corrected chi connectivity index (χ0v) is 15.6. The molecule has 2 unspecified atom stereocenters. The third kappa shape index (κ3) is 4.68. The minimum Gasteiger partial charge on any atom is -0.394 e. The highest BCUT2D eigenvalue weighted by molar-refractivity contribution is 7.32. The summed E-state index contributed by atoms with van der Waals surface area (Å²) < 4.78 is 33.7. The lowest BCUT2D eigenvalue weighted by Crippen LogP contribution is -2.41. The number of aromatic amines is 1. The van der Waals surface area contributed by atoms with Gasteiger partial charge in [0, 0.05) is 18.9 Å². The standard InChI is InChI=1S/C14H23N2O9P/c1-7-4-16(14(19)15-12(7)18)13-11(23-6-8(2)22-3)10(25-26(20)21)9(5-17)24-13/h4,8-11,13,17,26H,5-6H2,1-3H3,(H,20,21)(H,15,18,19)/t8-,9-,10?,11+,13-/m1/s1. The second-order valence-corrected chi connectivity index (χ2v) is 6.69. The van der Waals surface area contributed by atoms with Crippen molar-refractivity contribution in [2.75, 3.05) is 20.3 Å². The molecular formula is C14H23N2O9P. The highest BCUT2D eigenvalue weighted by atomic mass is 31.1. The normalized spacial score (nSPS) is 28.2. The van der Waals surface area contributed by atoms with Crippen LogP contribution in [0, 0.1) is 6.92 Å². The van der Waals surface area contributed by atoms with E-state index in [2.05, 4.69) is 4.98 Å². The van der Waals surface area contributed by atoms with Gasteiger partial charge in [-0.15, -0.1) is 0 Å². The maximum Gasteiger partial charge on any atom is 0.330 e. The van der Waals surface area contributed by atoms with Gasteiger partial charge < -0.3 is 28.7 Å². The number of aliphatic hydroxyl groups is 1. The molecule has 0 amide bonds. The third-order valence-corrected chi connectivity index (χ3v) is 4.52. The number of nitrogens with zero attached hydrogens (tertiary/aromatic N) is 1. The Balaban J connectivity index is 2.40. The summed E-state index contributed by atoms with van der Waals surface area (Å²) >= 11 is 0. The first-order valence-electron chi connectivity index (χ1n) is 7.90. The van der Waals surface area contributed by atoms with Gasteiger partial charge in [-0.25, -0.2) is 4.79 Å². The Bertz CT molecular complexity index is 749. The Hall–Kier alpha value is -1.33. The average Bonchev–Trinajstić information content (AvgIpc) is 2.92. The maximum absolute atomic E-state index is 12.2. The average molecular weight is 394 g/mol. The van der Waals surface area contributed by atoms with Crippen LogP contribution in [0.1, 0.15) is 18.7 Å². The topological polar surface area (TPSA) is 149 Å². The Morgan fingerprint density at radius 2 is 2.12 bits per heavy atom. The molecule has 1 aromatic rings. The molecule has 1 aliphatic heterocycles. The Kier molecular flexibility index (Phi) is 7.30. The van der Waals surface area contributed by atoms with Crippen molar-refractivity contribution in [3.05, 3.63) is 32.6 Å². The molecular weight excluding hydrogens is 371 g/mol. The van der Waals surface area contributed by atoms with Gasteiger partial charge in [-0.05, 0) is 13.8 Å². The van der Waals surface area contributed by atoms with Crippen LogP contribution in [-0.2, 0) is 23.3 Å². The number of hydrogen-bond donors (Lipinski definition) is 3. The number of ether oxygens (including phenoxy) is 3. The van der Waals surface area contributed by atoms with Crippen molar-refractivity contribution in [3.8, 4) is 0 Å². The molecule has 148 valence electrons. The zero-order chi connectivity index (χ0) is 19.4. The summed E-state index contributed by atoms with van der Waals surface area (Å²) in [7, 11) is -1.87. The lowest BCUT2D eigenvalue weighted by molar-refractivity contribution is -0.0928. The second-order valence-electron chi connectivity index (χ2n) is 5.92. The summed E-state index contributed by atoms with van der Waals surface area (Å²) in [5, 5.41) is 9.52. The van der Waals surface area contributed by atoms with Crippen molar-refractivity contribution in [3.63, 3.8) is 0 Å². The minimum atomic E-state index is -3.36. The van der Waals surface area contributed by atoms with E-state index in [1.165, 1.54) is 20.2 Å². The first-order chi connectivity index (χ1) is 12.3.